The Morgan fingerprint density at radius 2 is 1.03 bits per heavy atom. The fraction of sp³-hybridized carbons (Fsp3) is 0.870. The van der Waals surface area contributed by atoms with Gasteiger partial charge >= 0.3 is 25.9 Å². The van der Waals surface area contributed by atoms with Gasteiger partial charge in [-0.3, -0.25) is 28.8 Å². The molecule has 0 aromatic carbocycles. The number of rotatable bonds is 46. The van der Waals surface area contributed by atoms with Gasteiger partial charge in [0, 0.05) is 113 Å². The summed E-state index contributed by atoms with van der Waals surface area (Å²) in [5.41, 5.74) is -0.634. The van der Waals surface area contributed by atoms with Crippen molar-refractivity contribution in [3.05, 3.63) is 0 Å². The molecule has 2 amide bonds. The fourth-order valence-corrected chi connectivity index (χ4v) is 12.4. The Kier molecular flexibility index (Phi) is 35.5. The first-order valence-electron chi connectivity index (χ1n) is 24.0. The van der Waals surface area contributed by atoms with Crippen LogP contribution in [0.3, 0.4) is 0 Å². The Balaban J connectivity index is 5.32. The van der Waals surface area contributed by atoms with Gasteiger partial charge in [0.15, 0.2) is 0 Å². The van der Waals surface area contributed by atoms with Crippen LogP contribution in [0, 0.1) is 17.3 Å². The third-order valence-electron chi connectivity index (χ3n) is 12.2. The molecule has 3 N–H and O–H groups in total. The minimum atomic E-state index is -2.76. The van der Waals surface area contributed by atoms with Gasteiger partial charge in [0.05, 0.1) is 45.5 Å². The molecule has 0 saturated heterocycles. The number of Topliss-reactive ketones (excluding diaryl/α,β-unsaturated/α-hetero) is 4. The van der Waals surface area contributed by atoms with E-state index in [1.54, 1.807) is 21.1 Å². The molecule has 0 aromatic rings. The number of nitrogens with one attached hydrogen (secondary N) is 2. The Hall–Kier alpha value is -2.17. The van der Waals surface area contributed by atoms with Crippen molar-refractivity contribution in [3.63, 3.8) is 0 Å². The maximum Gasteiger partial charge on any atom is 0.500 e. The molecule has 0 aliphatic heterocycles. The van der Waals surface area contributed by atoms with Crippen molar-refractivity contribution in [2.75, 3.05) is 102 Å². The molecule has 0 heterocycles. The second-order valence-electron chi connectivity index (χ2n) is 18.4. The van der Waals surface area contributed by atoms with E-state index in [9.17, 15) is 33.9 Å². The summed E-state index contributed by atoms with van der Waals surface area (Å²) in [6.07, 6.45) is 4.01. The van der Waals surface area contributed by atoms with Crippen molar-refractivity contribution in [1.29, 1.82) is 0 Å². The molecule has 0 radical (unpaired) electrons. The first-order valence-corrected chi connectivity index (χ1v) is 30.7. The van der Waals surface area contributed by atoms with Crippen molar-refractivity contribution in [1.82, 2.24) is 10.6 Å². The Bertz CT molecular complexity index is 1370. The molecule has 0 aromatic heterocycles. The Morgan fingerprint density at radius 3 is 1.46 bits per heavy atom. The molecule has 4 atom stereocenters. The zero-order valence-corrected chi connectivity index (χ0v) is 46.7. The zero-order valence-electron chi connectivity index (χ0n) is 43.7. The van der Waals surface area contributed by atoms with Gasteiger partial charge in [-0.2, -0.15) is 0 Å². The third kappa shape index (κ3) is 28.6. The van der Waals surface area contributed by atoms with E-state index in [2.05, 4.69) is 10.6 Å². The Labute approximate surface area is 410 Å². The lowest BCUT2D eigenvalue weighted by Gasteiger charge is -2.33. The van der Waals surface area contributed by atoms with Gasteiger partial charge in [0.25, 0.3) is 0 Å². The van der Waals surface area contributed by atoms with Gasteiger partial charge in [-0.1, -0.05) is 33.6 Å². The van der Waals surface area contributed by atoms with Crippen LogP contribution in [0.25, 0.3) is 0 Å². The number of carbonyl (C=O) groups is 6. The predicted octanol–water partition coefficient (Wildman–Crippen LogP) is 4.79. The largest absolute Gasteiger partial charge is 0.500 e. The van der Waals surface area contributed by atoms with E-state index in [4.69, 9.17) is 45.2 Å². The van der Waals surface area contributed by atoms with Crippen LogP contribution in [0.2, 0.25) is 24.7 Å². The summed E-state index contributed by atoms with van der Waals surface area (Å²) in [5.74, 6) is -1.68. The number of amides is 2. The average Bonchev–Trinajstić information content (AvgIpc) is 3.30. The molecule has 0 spiro atoms. The molecule has 22 heteroatoms. The smallest absolute Gasteiger partial charge is 0.398 e. The number of ketones is 4. The summed E-state index contributed by atoms with van der Waals surface area (Å²) in [7, 11) is 3.26. The van der Waals surface area contributed by atoms with Crippen molar-refractivity contribution in [2.45, 2.75) is 142 Å². The highest BCUT2D eigenvalue weighted by molar-refractivity contribution is 6.67. The van der Waals surface area contributed by atoms with E-state index < -0.39 is 49.2 Å². The Morgan fingerprint density at radius 1 is 0.559 bits per heavy atom. The summed E-state index contributed by atoms with van der Waals surface area (Å²) >= 11 is 0. The topological polar surface area (TPSA) is 239 Å². The van der Waals surface area contributed by atoms with Crippen molar-refractivity contribution < 1.29 is 79.1 Å². The number of unbranched alkanes of at least 4 members (excludes halogenated alkanes) is 2. The van der Waals surface area contributed by atoms with Crippen molar-refractivity contribution >= 4 is 60.9 Å². The van der Waals surface area contributed by atoms with Gasteiger partial charge < -0.3 is 60.9 Å². The highest BCUT2D eigenvalue weighted by Crippen LogP contribution is 2.26. The molecule has 0 aliphatic carbocycles. The lowest BCUT2D eigenvalue weighted by atomic mass is 9.87. The standard InChI is InChI=1S/C46H90N2O17Si3/c1-13-46(33-63-30-37(2)25-42(52)27-40(50)19-14-16-22-66(12,56-5)57-6,34-64-31-38(3)26-43(53)28-41(51)20-15-17-23-67(36-49,58-7)59-8)35-65-32-39(4)48-45(55)29-44(54)47-21-18-24-68(60-9,61-10)62-11/h37-39,49H,13-36H2,1-12H3,(H,47,54)(H,48,55). The van der Waals surface area contributed by atoms with Crippen LogP contribution in [0.5, 0.6) is 0 Å². The fourth-order valence-electron chi connectivity index (χ4n) is 7.43. The van der Waals surface area contributed by atoms with Crippen LogP contribution >= 0.6 is 0 Å². The molecule has 0 saturated carbocycles. The summed E-state index contributed by atoms with van der Waals surface area (Å²) < 4.78 is 56.6. The van der Waals surface area contributed by atoms with Gasteiger partial charge in [0.1, 0.15) is 29.6 Å². The molecular formula is C46H90N2O17Si3. The van der Waals surface area contributed by atoms with E-state index in [1.165, 1.54) is 35.5 Å². The van der Waals surface area contributed by atoms with Crippen LogP contribution in [0.1, 0.15) is 111 Å². The quantitative estimate of drug-likeness (QED) is 0.0422. The first kappa shape index (κ1) is 65.8. The number of ether oxygens (including phenoxy) is 3. The van der Waals surface area contributed by atoms with Gasteiger partial charge in [-0.05, 0) is 63.1 Å². The van der Waals surface area contributed by atoms with Crippen LogP contribution in [0.4, 0.5) is 0 Å². The summed E-state index contributed by atoms with van der Waals surface area (Å²) in [6.45, 7) is 11.2. The number of aliphatic hydroxyl groups is 1. The van der Waals surface area contributed by atoms with Crippen LogP contribution in [-0.4, -0.2) is 174 Å². The molecule has 398 valence electrons. The summed E-state index contributed by atoms with van der Waals surface area (Å²) in [4.78, 5) is 76.0. The molecule has 4 unspecified atom stereocenters. The van der Waals surface area contributed by atoms with Gasteiger partial charge in [-0.15, -0.1) is 0 Å². The second-order valence-corrected chi connectivity index (χ2v) is 28.5. The maximum absolute atomic E-state index is 12.8. The number of hydrogen-bond acceptors (Lipinski definition) is 17. The SMILES string of the molecule is CCC(COCC(C)CC(=O)CC(=O)CCCC[Si](C)(OC)OC)(COCC(C)CC(=O)CC(=O)CCCC[Si](CO)(OC)OC)COCC(C)NC(=O)CC(=O)NCCC[Si](OC)(OC)OC. The third-order valence-corrected chi connectivity index (χ3v) is 21.1. The molecule has 0 bridgehead atoms. The van der Waals surface area contributed by atoms with E-state index in [0.717, 1.165) is 12.5 Å². The summed E-state index contributed by atoms with van der Waals surface area (Å²) in [5, 5.41) is 15.2. The highest BCUT2D eigenvalue weighted by atomic mass is 28.4. The highest BCUT2D eigenvalue weighted by Gasteiger charge is 2.37. The molecule has 0 aliphatic rings. The molecule has 0 fully saturated rings. The van der Waals surface area contributed by atoms with Crippen molar-refractivity contribution in [3.8, 4) is 0 Å². The zero-order chi connectivity index (χ0) is 51.7. The second kappa shape index (κ2) is 36.7. The maximum atomic E-state index is 12.8. The van der Waals surface area contributed by atoms with Gasteiger partial charge in [0.2, 0.25) is 11.8 Å². The van der Waals surface area contributed by atoms with Gasteiger partial charge in [-0.25, -0.2) is 0 Å². The number of aliphatic hydroxyl groups excluding tert-OH is 1. The van der Waals surface area contributed by atoms with Crippen LogP contribution in [0.15, 0.2) is 0 Å². The van der Waals surface area contributed by atoms with E-state index in [0.29, 0.717) is 57.2 Å². The van der Waals surface area contributed by atoms with E-state index >= 15 is 0 Å². The predicted molar refractivity (Wildman–Crippen MR) is 263 cm³/mol. The van der Waals surface area contributed by atoms with E-state index in [1.807, 2.05) is 27.3 Å². The molecule has 68 heavy (non-hydrogen) atoms. The summed E-state index contributed by atoms with van der Waals surface area (Å²) in [6, 6.07) is 1.41. The van der Waals surface area contributed by atoms with Crippen molar-refractivity contribution in [2.24, 2.45) is 17.3 Å². The monoisotopic (exact) mass is 1030 g/mol. The molecule has 19 nitrogen and oxygen atoms in total. The van der Waals surface area contributed by atoms with Crippen LogP contribution < -0.4 is 10.6 Å². The number of hydrogen-bond donors (Lipinski definition) is 3. The lowest BCUT2D eigenvalue weighted by molar-refractivity contribution is -0.131. The number of carbonyl (C=O) groups excluding carboxylic acids is 6. The first-order chi connectivity index (χ1) is 32.2. The normalized spacial score (nSPS) is 14.5. The molecule has 0 rings (SSSR count). The minimum Gasteiger partial charge on any atom is -0.398 e. The minimum absolute atomic E-state index is 0.0815. The molecular weight excluding hydrogens is 937 g/mol. The average molecular weight is 1030 g/mol. The van der Waals surface area contributed by atoms with Crippen LogP contribution in [-0.2, 0) is 74.0 Å². The lowest BCUT2D eigenvalue weighted by Crippen LogP contribution is -2.44. The van der Waals surface area contributed by atoms with E-state index in [-0.39, 0.29) is 119 Å².